The van der Waals surface area contributed by atoms with Crippen molar-refractivity contribution in [3.8, 4) is 6.07 Å². The number of hydrogen-bond acceptors (Lipinski definition) is 3. The normalized spacial score (nSPS) is 10.8. The molecule has 0 heterocycles. The Kier molecular flexibility index (Phi) is 5.48. The predicted molar refractivity (Wildman–Crippen MR) is 91.4 cm³/mol. The van der Waals surface area contributed by atoms with E-state index < -0.39 is 11.9 Å². The van der Waals surface area contributed by atoms with Gasteiger partial charge in [-0.25, -0.2) is 4.79 Å². The van der Waals surface area contributed by atoms with E-state index in [4.69, 9.17) is 5.11 Å². The Morgan fingerprint density at radius 2 is 1.83 bits per heavy atom. The largest absolute Gasteiger partial charge is 0.478 e. The summed E-state index contributed by atoms with van der Waals surface area (Å²) in [7, 11) is 0. The minimum absolute atomic E-state index is 0.0320. The molecule has 0 bridgehead atoms. The number of hydrogen-bond donors (Lipinski definition) is 2. The van der Waals surface area contributed by atoms with Gasteiger partial charge in [0.05, 0.1) is 11.3 Å². The molecule has 2 aromatic rings. The van der Waals surface area contributed by atoms with Gasteiger partial charge in [0, 0.05) is 0 Å². The lowest BCUT2D eigenvalue weighted by Gasteiger charge is -2.07. The average molecular weight is 320 g/mol. The summed E-state index contributed by atoms with van der Waals surface area (Å²) in [6, 6.07) is 15.4. The second kappa shape index (κ2) is 7.75. The summed E-state index contributed by atoms with van der Waals surface area (Å²) >= 11 is 0. The van der Waals surface area contributed by atoms with Crippen molar-refractivity contribution >= 4 is 23.6 Å². The van der Waals surface area contributed by atoms with Gasteiger partial charge in [0.15, 0.2) is 0 Å². The first-order valence-electron chi connectivity index (χ1n) is 7.39. The maximum absolute atomic E-state index is 12.3. The number of carbonyl (C=O) groups is 2. The molecular formula is C19H16N2O3. The van der Waals surface area contributed by atoms with E-state index in [0.29, 0.717) is 0 Å². The standard InChI is InChI=1S/C19H16N2O3/c1-2-13-7-9-14(10-8-13)11-15(12-20)18(22)21-17-6-4-3-5-16(17)19(23)24/h3-11H,2H2,1H3,(H,21,22)(H,23,24). The summed E-state index contributed by atoms with van der Waals surface area (Å²) in [5, 5.41) is 20.8. The molecular weight excluding hydrogens is 304 g/mol. The molecule has 0 unspecified atom stereocenters. The smallest absolute Gasteiger partial charge is 0.337 e. The van der Waals surface area contributed by atoms with Crippen LogP contribution in [0.15, 0.2) is 54.1 Å². The number of carboxylic acids is 1. The Labute approximate surface area is 139 Å². The van der Waals surface area contributed by atoms with E-state index in [2.05, 4.69) is 5.32 Å². The molecule has 2 rings (SSSR count). The highest BCUT2D eigenvalue weighted by atomic mass is 16.4. The number of para-hydroxylation sites is 1. The quantitative estimate of drug-likeness (QED) is 0.652. The SMILES string of the molecule is CCc1ccc(C=C(C#N)C(=O)Nc2ccccc2C(=O)O)cc1. The summed E-state index contributed by atoms with van der Waals surface area (Å²) < 4.78 is 0. The molecule has 24 heavy (non-hydrogen) atoms. The van der Waals surface area contributed by atoms with E-state index in [-0.39, 0.29) is 16.8 Å². The van der Waals surface area contributed by atoms with E-state index >= 15 is 0 Å². The number of carbonyl (C=O) groups excluding carboxylic acids is 1. The Morgan fingerprint density at radius 3 is 2.42 bits per heavy atom. The van der Waals surface area contributed by atoms with Crippen molar-refractivity contribution in [2.45, 2.75) is 13.3 Å². The number of amides is 1. The minimum atomic E-state index is -1.15. The number of nitrogens with one attached hydrogen (secondary N) is 1. The van der Waals surface area contributed by atoms with Crippen LogP contribution in [0.2, 0.25) is 0 Å². The van der Waals surface area contributed by atoms with E-state index in [0.717, 1.165) is 17.5 Å². The molecule has 0 aliphatic heterocycles. The van der Waals surface area contributed by atoms with Gasteiger partial charge >= 0.3 is 5.97 Å². The van der Waals surface area contributed by atoms with Gasteiger partial charge in [0.1, 0.15) is 11.6 Å². The Balaban J connectivity index is 2.25. The number of anilines is 1. The molecule has 5 nitrogen and oxygen atoms in total. The van der Waals surface area contributed by atoms with Gasteiger partial charge in [-0.2, -0.15) is 5.26 Å². The zero-order valence-corrected chi connectivity index (χ0v) is 13.1. The second-order valence-electron chi connectivity index (χ2n) is 5.07. The van der Waals surface area contributed by atoms with Crippen molar-refractivity contribution in [2.75, 3.05) is 5.32 Å². The number of benzene rings is 2. The third-order valence-electron chi connectivity index (χ3n) is 3.47. The number of nitrogens with zero attached hydrogens (tertiary/aromatic N) is 1. The number of aromatic carboxylic acids is 1. The van der Waals surface area contributed by atoms with Crippen LogP contribution in [0, 0.1) is 11.3 Å². The van der Waals surface area contributed by atoms with Crippen molar-refractivity contribution in [1.29, 1.82) is 5.26 Å². The summed E-state index contributed by atoms with van der Waals surface area (Å²) in [5.74, 6) is -1.80. The Morgan fingerprint density at radius 1 is 1.17 bits per heavy atom. The van der Waals surface area contributed by atoms with Crippen LogP contribution in [0.3, 0.4) is 0 Å². The van der Waals surface area contributed by atoms with Gasteiger partial charge in [0.2, 0.25) is 0 Å². The van der Waals surface area contributed by atoms with Gasteiger partial charge in [-0.1, -0.05) is 43.3 Å². The molecule has 0 aromatic heterocycles. The summed E-state index contributed by atoms with van der Waals surface area (Å²) in [6.45, 7) is 2.04. The third kappa shape index (κ3) is 4.08. The van der Waals surface area contributed by atoms with Gasteiger partial charge in [-0.05, 0) is 35.8 Å². The van der Waals surface area contributed by atoms with Crippen molar-refractivity contribution in [3.63, 3.8) is 0 Å². The first kappa shape index (κ1) is 17.0. The maximum Gasteiger partial charge on any atom is 0.337 e. The first-order chi connectivity index (χ1) is 11.5. The van der Waals surface area contributed by atoms with Crippen LogP contribution in [-0.4, -0.2) is 17.0 Å². The topological polar surface area (TPSA) is 90.2 Å². The molecule has 0 aliphatic carbocycles. The molecule has 0 radical (unpaired) electrons. The minimum Gasteiger partial charge on any atom is -0.478 e. The van der Waals surface area contributed by atoms with E-state index in [1.165, 1.54) is 18.2 Å². The van der Waals surface area contributed by atoms with Crippen LogP contribution in [0.4, 0.5) is 5.69 Å². The number of carboxylic acid groups (broad SMARTS) is 1. The highest BCUT2D eigenvalue weighted by Gasteiger charge is 2.14. The van der Waals surface area contributed by atoms with Crippen molar-refractivity contribution in [3.05, 3.63) is 70.8 Å². The fraction of sp³-hybridized carbons (Fsp3) is 0.105. The van der Waals surface area contributed by atoms with Crippen LogP contribution >= 0.6 is 0 Å². The number of nitriles is 1. The van der Waals surface area contributed by atoms with Gasteiger partial charge in [-0.3, -0.25) is 4.79 Å². The van der Waals surface area contributed by atoms with Crippen LogP contribution < -0.4 is 5.32 Å². The number of rotatable bonds is 5. The zero-order valence-electron chi connectivity index (χ0n) is 13.1. The molecule has 2 N–H and O–H groups in total. The lowest BCUT2D eigenvalue weighted by Crippen LogP contribution is -2.16. The maximum atomic E-state index is 12.3. The predicted octanol–water partition coefficient (Wildman–Crippen LogP) is 3.49. The van der Waals surface area contributed by atoms with E-state index in [9.17, 15) is 14.9 Å². The molecule has 120 valence electrons. The zero-order chi connectivity index (χ0) is 17.5. The van der Waals surface area contributed by atoms with Gasteiger partial charge < -0.3 is 10.4 Å². The van der Waals surface area contributed by atoms with Crippen LogP contribution in [0.5, 0.6) is 0 Å². The summed E-state index contributed by atoms with van der Waals surface area (Å²) in [4.78, 5) is 23.4. The monoisotopic (exact) mass is 320 g/mol. The molecule has 0 saturated carbocycles. The van der Waals surface area contributed by atoms with Crippen molar-refractivity contribution in [1.82, 2.24) is 0 Å². The Bertz CT molecular complexity index is 830. The number of aryl methyl sites for hydroxylation is 1. The summed E-state index contributed by atoms with van der Waals surface area (Å²) in [6.07, 6.45) is 2.37. The summed E-state index contributed by atoms with van der Waals surface area (Å²) in [5.41, 5.74) is 1.91. The molecule has 0 atom stereocenters. The second-order valence-corrected chi connectivity index (χ2v) is 5.07. The molecule has 0 fully saturated rings. The highest BCUT2D eigenvalue weighted by Crippen LogP contribution is 2.17. The molecule has 0 spiro atoms. The average Bonchev–Trinajstić information content (AvgIpc) is 2.60. The first-order valence-corrected chi connectivity index (χ1v) is 7.39. The van der Waals surface area contributed by atoms with Crippen LogP contribution in [0.25, 0.3) is 6.08 Å². The van der Waals surface area contributed by atoms with Gasteiger partial charge in [-0.15, -0.1) is 0 Å². The van der Waals surface area contributed by atoms with Crippen molar-refractivity contribution < 1.29 is 14.7 Å². The van der Waals surface area contributed by atoms with Gasteiger partial charge in [0.25, 0.3) is 5.91 Å². The third-order valence-corrected chi connectivity index (χ3v) is 3.47. The lowest BCUT2D eigenvalue weighted by molar-refractivity contribution is -0.112. The Hall–Kier alpha value is -3.39. The fourth-order valence-electron chi connectivity index (χ4n) is 2.13. The lowest BCUT2D eigenvalue weighted by atomic mass is 10.1. The van der Waals surface area contributed by atoms with E-state index in [1.807, 2.05) is 37.3 Å². The fourth-order valence-corrected chi connectivity index (χ4v) is 2.13. The van der Waals surface area contributed by atoms with E-state index in [1.54, 1.807) is 12.1 Å². The van der Waals surface area contributed by atoms with Crippen molar-refractivity contribution in [2.24, 2.45) is 0 Å². The molecule has 1 amide bonds. The highest BCUT2D eigenvalue weighted by molar-refractivity contribution is 6.11. The molecule has 0 saturated heterocycles. The molecule has 5 heteroatoms. The molecule has 0 aliphatic rings. The molecule has 2 aromatic carbocycles. The van der Waals surface area contributed by atoms with Crippen LogP contribution in [-0.2, 0) is 11.2 Å². The van der Waals surface area contributed by atoms with Crippen LogP contribution in [0.1, 0.15) is 28.4 Å².